The fourth-order valence-corrected chi connectivity index (χ4v) is 1.15. The molecule has 0 aliphatic heterocycles. The Hall–Kier alpha value is -0.520. The molecule has 0 fully saturated rings. The Kier molecular flexibility index (Phi) is 3.48. The van der Waals surface area contributed by atoms with Crippen LogP contribution in [0.2, 0.25) is 0 Å². The number of hydrogen-bond donors (Lipinski definition) is 1. The first-order valence-electron chi connectivity index (χ1n) is 3.79. The summed E-state index contributed by atoms with van der Waals surface area (Å²) in [4.78, 5) is 3.56. The summed E-state index contributed by atoms with van der Waals surface area (Å²) >= 11 is 10.1. The lowest BCUT2D eigenvalue weighted by Gasteiger charge is -2.27. The van der Waals surface area contributed by atoms with E-state index in [9.17, 15) is 18.3 Å². The van der Waals surface area contributed by atoms with Crippen LogP contribution in [0.15, 0.2) is 24.5 Å². The third-order valence-corrected chi connectivity index (χ3v) is 2.56. The van der Waals surface area contributed by atoms with Crippen LogP contribution in [0.1, 0.15) is 11.7 Å². The number of alkyl halides is 5. The first kappa shape index (κ1) is 12.5. The van der Waals surface area contributed by atoms with Gasteiger partial charge in [0, 0.05) is 18.0 Å². The van der Waals surface area contributed by atoms with E-state index in [2.05, 4.69) is 4.98 Å². The predicted octanol–water partition coefficient (Wildman–Crippen LogP) is 2.85. The number of halogens is 5. The number of aromatic nitrogens is 1. The first-order valence-corrected chi connectivity index (χ1v) is 4.55. The summed E-state index contributed by atoms with van der Waals surface area (Å²) in [6.07, 6.45) is -4.58. The van der Waals surface area contributed by atoms with Crippen molar-refractivity contribution in [3.05, 3.63) is 30.1 Å². The molecule has 1 aromatic heterocycles. The van der Waals surface area contributed by atoms with Crippen molar-refractivity contribution in [2.24, 2.45) is 0 Å². The van der Waals surface area contributed by atoms with Gasteiger partial charge in [0.25, 0.3) is 0 Å². The van der Waals surface area contributed by atoms with Gasteiger partial charge in [0.2, 0.25) is 4.33 Å². The van der Waals surface area contributed by atoms with E-state index in [0.717, 1.165) is 6.20 Å². The molecule has 7 heteroatoms. The van der Waals surface area contributed by atoms with Crippen molar-refractivity contribution >= 4 is 23.2 Å². The van der Waals surface area contributed by atoms with Crippen molar-refractivity contribution in [1.82, 2.24) is 4.98 Å². The van der Waals surface area contributed by atoms with Crippen molar-refractivity contribution in [2.75, 3.05) is 0 Å². The Balaban J connectivity index is 3.00. The summed E-state index contributed by atoms with van der Waals surface area (Å²) in [5.41, 5.74) is -0.0974. The molecule has 0 radical (unpaired) electrons. The van der Waals surface area contributed by atoms with Crippen LogP contribution >= 0.6 is 23.2 Å². The number of nitrogens with zero attached hydrogens (tertiary/aromatic N) is 1. The summed E-state index contributed by atoms with van der Waals surface area (Å²) in [7, 11) is 0. The van der Waals surface area contributed by atoms with Gasteiger partial charge in [-0.2, -0.15) is 13.2 Å². The van der Waals surface area contributed by atoms with Gasteiger partial charge in [0.15, 0.2) is 0 Å². The molecular formula is C8H6Cl2F3NO. The second-order valence-corrected chi connectivity index (χ2v) is 4.20. The molecule has 2 nitrogen and oxygen atoms in total. The van der Waals surface area contributed by atoms with Gasteiger partial charge < -0.3 is 5.11 Å². The molecule has 0 aliphatic carbocycles. The maximum Gasteiger partial charge on any atom is 0.424 e. The zero-order chi connectivity index (χ0) is 11.7. The molecule has 0 aliphatic rings. The highest BCUT2D eigenvalue weighted by Crippen LogP contribution is 2.48. The highest BCUT2D eigenvalue weighted by molar-refractivity contribution is 6.49. The van der Waals surface area contributed by atoms with Crippen molar-refractivity contribution in [2.45, 2.75) is 16.6 Å². The molecule has 1 N–H and O–H groups in total. The highest BCUT2D eigenvalue weighted by Gasteiger charge is 2.58. The second-order valence-electron chi connectivity index (χ2n) is 2.81. The molecule has 15 heavy (non-hydrogen) atoms. The molecule has 1 heterocycles. The van der Waals surface area contributed by atoms with E-state index in [1.165, 1.54) is 18.3 Å². The van der Waals surface area contributed by atoms with Gasteiger partial charge >= 0.3 is 6.18 Å². The van der Waals surface area contributed by atoms with Crippen LogP contribution in [0, 0.1) is 0 Å². The number of pyridine rings is 1. The average molecular weight is 260 g/mol. The molecule has 0 amide bonds. The van der Waals surface area contributed by atoms with E-state index in [-0.39, 0.29) is 5.56 Å². The van der Waals surface area contributed by atoms with Crippen molar-refractivity contribution in [3.63, 3.8) is 0 Å². The van der Waals surface area contributed by atoms with Crippen LogP contribution in [-0.2, 0) is 0 Å². The van der Waals surface area contributed by atoms with E-state index < -0.39 is 16.6 Å². The third-order valence-electron chi connectivity index (χ3n) is 1.72. The molecule has 84 valence electrons. The molecule has 1 aromatic rings. The van der Waals surface area contributed by atoms with E-state index in [0.29, 0.717) is 0 Å². The van der Waals surface area contributed by atoms with Gasteiger partial charge in [0.05, 0.1) is 0 Å². The fourth-order valence-electron chi connectivity index (χ4n) is 0.902. The van der Waals surface area contributed by atoms with Crippen molar-refractivity contribution < 1.29 is 18.3 Å². The molecule has 0 aromatic carbocycles. The fraction of sp³-hybridized carbons (Fsp3) is 0.375. The molecule has 1 atom stereocenters. The van der Waals surface area contributed by atoms with Gasteiger partial charge in [0.1, 0.15) is 6.10 Å². The second kappa shape index (κ2) is 4.15. The minimum Gasteiger partial charge on any atom is -0.385 e. The summed E-state index contributed by atoms with van der Waals surface area (Å²) in [5.74, 6) is 0. The SMILES string of the molecule is OC(c1cccnc1)C(Cl)(Cl)C(F)(F)F. The monoisotopic (exact) mass is 259 g/mol. The Morgan fingerprint density at radius 1 is 1.33 bits per heavy atom. The minimum atomic E-state index is -4.93. The lowest BCUT2D eigenvalue weighted by molar-refractivity contribution is -0.162. The molecule has 0 bridgehead atoms. The van der Waals surface area contributed by atoms with Crippen LogP contribution in [0.25, 0.3) is 0 Å². The van der Waals surface area contributed by atoms with E-state index in [4.69, 9.17) is 23.2 Å². The Morgan fingerprint density at radius 2 is 1.93 bits per heavy atom. The third kappa shape index (κ3) is 2.53. The summed E-state index contributed by atoms with van der Waals surface area (Å²) in [6, 6.07) is 2.63. The molecular weight excluding hydrogens is 254 g/mol. The van der Waals surface area contributed by atoms with Gasteiger partial charge in [-0.1, -0.05) is 29.3 Å². The van der Waals surface area contributed by atoms with E-state index in [1.807, 2.05) is 0 Å². The van der Waals surface area contributed by atoms with Gasteiger partial charge in [-0.3, -0.25) is 4.98 Å². The van der Waals surface area contributed by atoms with Gasteiger partial charge in [-0.15, -0.1) is 0 Å². The predicted molar refractivity (Wildman–Crippen MR) is 49.7 cm³/mol. The minimum absolute atomic E-state index is 0.0974. The average Bonchev–Trinajstić information content (AvgIpc) is 2.16. The molecule has 1 rings (SSSR count). The van der Waals surface area contributed by atoms with Crippen LogP contribution in [0.3, 0.4) is 0 Å². The normalized spacial score (nSPS) is 15.1. The zero-order valence-corrected chi connectivity index (χ0v) is 8.68. The van der Waals surface area contributed by atoms with Gasteiger partial charge in [-0.25, -0.2) is 0 Å². The standard InChI is InChI=1S/C8H6Cl2F3NO/c9-7(10,8(11,12)13)6(15)5-2-1-3-14-4-5/h1-4,6,15H. The number of aliphatic hydroxyl groups is 1. The molecule has 0 spiro atoms. The lowest BCUT2D eigenvalue weighted by atomic mass is 10.1. The number of rotatable bonds is 2. The summed E-state index contributed by atoms with van der Waals surface area (Å²) < 4.78 is 33.7. The molecule has 0 saturated heterocycles. The zero-order valence-electron chi connectivity index (χ0n) is 7.17. The van der Waals surface area contributed by atoms with Gasteiger partial charge in [-0.05, 0) is 6.07 Å². The maximum atomic E-state index is 12.3. The number of aliphatic hydroxyl groups excluding tert-OH is 1. The first-order chi connectivity index (χ1) is 6.77. The lowest BCUT2D eigenvalue weighted by Crippen LogP contribution is -2.40. The summed E-state index contributed by atoms with van der Waals surface area (Å²) in [5, 5.41) is 9.36. The summed E-state index contributed by atoms with van der Waals surface area (Å²) in [6.45, 7) is 0. The van der Waals surface area contributed by atoms with Crippen LogP contribution < -0.4 is 0 Å². The molecule has 1 unspecified atom stereocenters. The largest absolute Gasteiger partial charge is 0.424 e. The van der Waals surface area contributed by atoms with E-state index >= 15 is 0 Å². The Bertz CT molecular complexity index is 328. The van der Waals surface area contributed by atoms with Crippen LogP contribution in [0.4, 0.5) is 13.2 Å². The Morgan fingerprint density at radius 3 is 2.33 bits per heavy atom. The Labute approximate surface area is 93.6 Å². The smallest absolute Gasteiger partial charge is 0.385 e. The van der Waals surface area contributed by atoms with Crippen LogP contribution in [-0.4, -0.2) is 20.6 Å². The van der Waals surface area contributed by atoms with Crippen molar-refractivity contribution in [3.8, 4) is 0 Å². The highest BCUT2D eigenvalue weighted by atomic mass is 35.5. The number of hydrogen-bond acceptors (Lipinski definition) is 2. The van der Waals surface area contributed by atoms with E-state index in [1.54, 1.807) is 0 Å². The topological polar surface area (TPSA) is 33.1 Å². The van der Waals surface area contributed by atoms with Crippen molar-refractivity contribution in [1.29, 1.82) is 0 Å². The maximum absolute atomic E-state index is 12.3. The quantitative estimate of drug-likeness (QED) is 0.829. The molecule has 0 saturated carbocycles. The van der Waals surface area contributed by atoms with Crippen LogP contribution in [0.5, 0.6) is 0 Å².